The molecule has 2 aromatic carbocycles. The first-order valence-corrected chi connectivity index (χ1v) is 8.67. The monoisotopic (exact) mass is 440 g/mol. The van der Waals surface area contributed by atoms with E-state index in [9.17, 15) is 27.2 Å². The highest BCUT2D eigenvalue weighted by molar-refractivity contribution is 8.00. The SMILES string of the molecule is Cc1cc(SC(F)(F)F)c(Cl)cc1NC(=O)NC(=O)c1c(F)cccc1Cl. The summed E-state index contributed by atoms with van der Waals surface area (Å²) in [4.78, 5) is 23.7. The summed E-state index contributed by atoms with van der Waals surface area (Å²) >= 11 is 11.2. The average molecular weight is 441 g/mol. The first-order chi connectivity index (χ1) is 12.5. The summed E-state index contributed by atoms with van der Waals surface area (Å²) in [5.74, 6) is -2.00. The highest BCUT2D eigenvalue weighted by Crippen LogP contribution is 2.41. The molecule has 0 aliphatic carbocycles. The van der Waals surface area contributed by atoms with Gasteiger partial charge in [-0.1, -0.05) is 29.3 Å². The van der Waals surface area contributed by atoms with Crippen LogP contribution in [0.4, 0.5) is 28.0 Å². The van der Waals surface area contributed by atoms with Gasteiger partial charge in [0, 0.05) is 10.6 Å². The van der Waals surface area contributed by atoms with Crippen molar-refractivity contribution >= 4 is 52.6 Å². The van der Waals surface area contributed by atoms with Crippen LogP contribution in [0, 0.1) is 12.7 Å². The number of anilines is 1. The van der Waals surface area contributed by atoms with Gasteiger partial charge in [0.1, 0.15) is 5.82 Å². The number of benzene rings is 2. The van der Waals surface area contributed by atoms with E-state index in [-0.39, 0.29) is 26.2 Å². The summed E-state index contributed by atoms with van der Waals surface area (Å²) in [6.45, 7) is 1.45. The summed E-state index contributed by atoms with van der Waals surface area (Å²) in [5.41, 5.74) is -4.68. The van der Waals surface area contributed by atoms with E-state index >= 15 is 0 Å². The Kier molecular flexibility index (Phi) is 6.61. The van der Waals surface area contributed by atoms with Crippen molar-refractivity contribution in [2.24, 2.45) is 0 Å². The molecule has 0 bridgehead atoms. The van der Waals surface area contributed by atoms with E-state index in [0.29, 0.717) is 0 Å². The molecular weight excluding hydrogens is 431 g/mol. The Morgan fingerprint density at radius 1 is 1.11 bits per heavy atom. The number of urea groups is 1. The maximum absolute atomic E-state index is 13.7. The van der Waals surface area contributed by atoms with Gasteiger partial charge in [-0.3, -0.25) is 10.1 Å². The largest absolute Gasteiger partial charge is 0.446 e. The number of hydrogen-bond acceptors (Lipinski definition) is 3. The number of carbonyl (C=O) groups is 2. The Bertz CT molecular complexity index is 886. The second-order valence-corrected chi connectivity index (χ2v) is 7.07. The predicted octanol–water partition coefficient (Wildman–Crippen LogP) is 6.01. The number of alkyl halides is 3. The van der Waals surface area contributed by atoms with Crippen LogP contribution < -0.4 is 10.6 Å². The predicted molar refractivity (Wildman–Crippen MR) is 96.0 cm³/mol. The highest BCUT2D eigenvalue weighted by Gasteiger charge is 2.30. The van der Waals surface area contributed by atoms with Crippen molar-refractivity contribution in [2.45, 2.75) is 17.3 Å². The molecule has 0 saturated heterocycles. The van der Waals surface area contributed by atoms with Crippen molar-refractivity contribution in [3.63, 3.8) is 0 Å². The number of nitrogens with one attached hydrogen (secondary N) is 2. The second kappa shape index (κ2) is 8.37. The number of aryl methyl sites for hydroxylation is 1. The molecule has 144 valence electrons. The lowest BCUT2D eigenvalue weighted by Gasteiger charge is -2.13. The molecule has 27 heavy (non-hydrogen) atoms. The third kappa shape index (κ3) is 5.75. The fourth-order valence-corrected chi connectivity index (χ4v) is 3.20. The lowest BCUT2D eigenvalue weighted by Crippen LogP contribution is -2.35. The Morgan fingerprint density at radius 3 is 2.37 bits per heavy atom. The fourth-order valence-electron chi connectivity index (χ4n) is 2.03. The molecule has 0 aliphatic heterocycles. The summed E-state index contributed by atoms with van der Waals surface area (Å²) in [6.07, 6.45) is 0. The first kappa shape index (κ1) is 21.3. The van der Waals surface area contributed by atoms with Crippen LogP contribution in [-0.2, 0) is 0 Å². The van der Waals surface area contributed by atoms with Crippen LogP contribution in [0.1, 0.15) is 15.9 Å². The highest BCUT2D eigenvalue weighted by atomic mass is 35.5. The van der Waals surface area contributed by atoms with E-state index in [4.69, 9.17) is 23.2 Å². The normalized spacial score (nSPS) is 11.2. The van der Waals surface area contributed by atoms with Gasteiger partial charge in [0.2, 0.25) is 0 Å². The van der Waals surface area contributed by atoms with Crippen molar-refractivity contribution in [1.82, 2.24) is 5.32 Å². The van der Waals surface area contributed by atoms with Gasteiger partial charge in [-0.05, 0) is 48.5 Å². The van der Waals surface area contributed by atoms with Crippen LogP contribution in [0.25, 0.3) is 0 Å². The molecule has 0 atom stereocenters. The molecule has 0 radical (unpaired) electrons. The van der Waals surface area contributed by atoms with E-state index in [1.165, 1.54) is 19.1 Å². The number of hydrogen-bond donors (Lipinski definition) is 2. The second-order valence-electron chi connectivity index (χ2n) is 5.15. The van der Waals surface area contributed by atoms with Crippen LogP contribution in [-0.4, -0.2) is 17.4 Å². The van der Waals surface area contributed by atoms with Gasteiger partial charge < -0.3 is 5.32 Å². The molecule has 3 amide bonds. The van der Waals surface area contributed by atoms with Gasteiger partial charge in [-0.25, -0.2) is 9.18 Å². The van der Waals surface area contributed by atoms with Gasteiger partial charge >= 0.3 is 11.5 Å². The van der Waals surface area contributed by atoms with Crippen LogP contribution in [0.5, 0.6) is 0 Å². The molecular formula is C16H10Cl2F4N2O2S. The number of amides is 3. The van der Waals surface area contributed by atoms with Crippen LogP contribution >= 0.6 is 35.0 Å². The zero-order valence-corrected chi connectivity index (χ0v) is 15.7. The van der Waals surface area contributed by atoms with E-state index in [0.717, 1.165) is 18.2 Å². The van der Waals surface area contributed by atoms with E-state index in [2.05, 4.69) is 5.32 Å². The minimum atomic E-state index is -4.52. The van der Waals surface area contributed by atoms with Crippen molar-refractivity contribution < 1.29 is 27.2 Å². The van der Waals surface area contributed by atoms with Crippen molar-refractivity contribution in [3.05, 3.63) is 57.3 Å². The molecule has 2 rings (SSSR count). The summed E-state index contributed by atoms with van der Waals surface area (Å²) < 4.78 is 51.1. The average Bonchev–Trinajstić information content (AvgIpc) is 2.50. The molecule has 0 unspecified atom stereocenters. The molecule has 2 N–H and O–H groups in total. The Morgan fingerprint density at radius 2 is 1.78 bits per heavy atom. The smallest absolute Gasteiger partial charge is 0.307 e. The number of carbonyl (C=O) groups excluding carboxylic acids is 2. The third-order valence-corrected chi connectivity index (χ3v) is 4.70. The van der Waals surface area contributed by atoms with Gasteiger partial charge in [0.05, 0.1) is 15.6 Å². The topological polar surface area (TPSA) is 58.2 Å². The van der Waals surface area contributed by atoms with Crippen molar-refractivity contribution in [2.75, 3.05) is 5.32 Å². The minimum absolute atomic E-state index is 0.0801. The Labute approximate surface area is 165 Å². The Hall–Kier alpha value is -1.97. The maximum atomic E-state index is 13.7. The molecule has 0 saturated carbocycles. The molecule has 11 heteroatoms. The molecule has 0 spiro atoms. The number of rotatable bonds is 3. The van der Waals surface area contributed by atoms with E-state index < -0.39 is 40.6 Å². The van der Waals surface area contributed by atoms with Crippen LogP contribution in [0.2, 0.25) is 10.0 Å². The zero-order valence-electron chi connectivity index (χ0n) is 13.4. The molecule has 2 aromatic rings. The van der Waals surface area contributed by atoms with Crippen molar-refractivity contribution in [3.8, 4) is 0 Å². The molecule has 0 heterocycles. The van der Waals surface area contributed by atoms with E-state index in [1.807, 2.05) is 5.32 Å². The zero-order chi connectivity index (χ0) is 20.4. The molecule has 0 aromatic heterocycles. The number of imide groups is 1. The van der Waals surface area contributed by atoms with Gasteiger partial charge in [0.25, 0.3) is 5.91 Å². The minimum Gasteiger partial charge on any atom is -0.307 e. The summed E-state index contributed by atoms with van der Waals surface area (Å²) in [5, 5.41) is 3.73. The van der Waals surface area contributed by atoms with Crippen molar-refractivity contribution in [1.29, 1.82) is 0 Å². The van der Waals surface area contributed by atoms with E-state index in [1.54, 1.807) is 0 Å². The molecule has 4 nitrogen and oxygen atoms in total. The standard InChI is InChI=1S/C16H10Cl2F4N2O2S/c1-7-5-12(27-16(20,21)22)9(18)6-11(7)23-15(26)24-14(25)13-8(17)3-2-4-10(13)19/h2-6H,1H3,(H2,23,24,25,26). The van der Waals surface area contributed by atoms with Gasteiger partial charge in [-0.2, -0.15) is 13.2 Å². The number of halogens is 6. The van der Waals surface area contributed by atoms with Gasteiger partial charge in [0.15, 0.2) is 0 Å². The van der Waals surface area contributed by atoms with Gasteiger partial charge in [-0.15, -0.1) is 0 Å². The Balaban J connectivity index is 2.14. The quantitative estimate of drug-likeness (QED) is 0.453. The molecule has 0 fully saturated rings. The fraction of sp³-hybridized carbons (Fsp3) is 0.125. The molecule has 0 aliphatic rings. The van der Waals surface area contributed by atoms with Crippen LogP contribution in [0.3, 0.4) is 0 Å². The maximum Gasteiger partial charge on any atom is 0.446 e. The van der Waals surface area contributed by atoms with Crippen LogP contribution in [0.15, 0.2) is 35.2 Å². The third-order valence-electron chi connectivity index (χ3n) is 3.17. The lowest BCUT2D eigenvalue weighted by atomic mass is 10.2. The summed E-state index contributed by atoms with van der Waals surface area (Å²) in [7, 11) is 0. The lowest BCUT2D eigenvalue weighted by molar-refractivity contribution is -0.0328. The summed E-state index contributed by atoms with van der Waals surface area (Å²) in [6, 6.07) is 4.80. The number of thioether (sulfide) groups is 1. The first-order valence-electron chi connectivity index (χ1n) is 7.10.